The largest absolute Gasteiger partial charge is 0.436 e. The molecule has 1 N–H and O–H groups in total. The number of aromatic nitrogens is 1. The van der Waals surface area contributed by atoms with Gasteiger partial charge in [0.15, 0.2) is 5.58 Å². The number of carbonyl (C=O) groups is 1. The molecule has 1 amide bonds. The molecule has 5 heteroatoms. The molecule has 0 saturated heterocycles. The number of anilines is 1. The minimum Gasteiger partial charge on any atom is -0.436 e. The molecule has 5 rings (SSSR count). The zero-order valence-electron chi connectivity index (χ0n) is 17.1. The number of hydrogen-bond acceptors (Lipinski definition) is 3. The van der Waals surface area contributed by atoms with Crippen LogP contribution >= 0.6 is 15.9 Å². The molecule has 0 aliphatic heterocycles. The fourth-order valence-corrected chi connectivity index (χ4v) is 4.36. The molecule has 4 aromatic carbocycles. The number of halogens is 1. The number of benzene rings is 4. The molecule has 0 atom stereocenters. The summed E-state index contributed by atoms with van der Waals surface area (Å²) in [4.78, 5) is 17.6. The van der Waals surface area contributed by atoms with Crippen molar-refractivity contribution in [1.29, 1.82) is 0 Å². The van der Waals surface area contributed by atoms with Crippen LogP contribution in [0.4, 0.5) is 5.69 Å². The number of rotatable bonds is 3. The van der Waals surface area contributed by atoms with Crippen molar-refractivity contribution >= 4 is 49.4 Å². The zero-order valence-corrected chi connectivity index (χ0v) is 18.7. The summed E-state index contributed by atoms with van der Waals surface area (Å²) >= 11 is 3.55. The summed E-state index contributed by atoms with van der Waals surface area (Å²) in [6, 6.07) is 23.2. The van der Waals surface area contributed by atoms with E-state index in [0.29, 0.717) is 17.1 Å². The second kappa shape index (κ2) is 7.67. The first-order chi connectivity index (χ1) is 15.0. The quantitative estimate of drug-likeness (QED) is 0.301. The molecule has 0 saturated carbocycles. The van der Waals surface area contributed by atoms with Gasteiger partial charge in [-0.1, -0.05) is 46.3 Å². The third-order valence-corrected chi connectivity index (χ3v) is 6.01. The molecule has 4 nitrogen and oxygen atoms in total. The summed E-state index contributed by atoms with van der Waals surface area (Å²) < 4.78 is 6.95. The van der Waals surface area contributed by atoms with Crippen LogP contribution in [0, 0.1) is 13.8 Å². The second-order valence-corrected chi connectivity index (χ2v) is 8.48. The van der Waals surface area contributed by atoms with E-state index in [0.717, 1.165) is 43.0 Å². The van der Waals surface area contributed by atoms with Crippen LogP contribution < -0.4 is 5.32 Å². The Morgan fingerprint density at radius 1 is 0.935 bits per heavy atom. The van der Waals surface area contributed by atoms with Crippen molar-refractivity contribution in [3.8, 4) is 11.5 Å². The molecule has 0 aliphatic rings. The highest BCUT2D eigenvalue weighted by Gasteiger charge is 2.13. The van der Waals surface area contributed by atoms with Crippen molar-refractivity contribution in [3.63, 3.8) is 0 Å². The first kappa shape index (κ1) is 19.5. The maximum atomic E-state index is 12.9. The molecule has 31 heavy (non-hydrogen) atoms. The Labute approximate surface area is 188 Å². The van der Waals surface area contributed by atoms with Crippen LogP contribution in [0.3, 0.4) is 0 Å². The lowest BCUT2D eigenvalue weighted by Crippen LogP contribution is -2.12. The Morgan fingerprint density at radius 3 is 2.48 bits per heavy atom. The second-order valence-electron chi connectivity index (χ2n) is 7.62. The lowest BCUT2D eigenvalue weighted by atomic mass is 10.0. The zero-order chi connectivity index (χ0) is 21.5. The number of oxazole rings is 1. The van der Waals surface area contributed by atoms with E-state index in [4.69, 9.17) is 4.42 Å². The van der Waals surface area contributed by atoms with Gasteiger partial charge >= 0.3 is 0 Å². The molecule has 0 spiro atoms. The van der Waals surface area contributed by atoms with Gasteiger partial charge in [-0.15, -0.1) is 0 Å². The Morgan fingerprint density at radius 2 is 1.68 bits per heavy atom. The predicted octanol–water partition coefficient (Wildman–Crippen LogP) is 7.28. The maximum Gasteiger partial charge on any atom is 0.256 e. The molecule has 0 fully saturated rings. The van der Waals surface area contributed by atoms with Gasteiger partial charge in [0.25, 0.3) is 5.91 Å². The van der Waals surface area contributed by atoms with Gasteiger partial charge in [0.2, 0.25) is 5.89 Å². The molecule has 152 valence electrons. The highest BCUT2D eigenvalue weighted by molar-refractivity contribution is 9.10. The lowest BCUT2D eigenvalue weighted by molar-refractivity contribution is 0.102. The van der Waals surface area contributed by atoms with E-state index in [9.17, 15) is 4.79 Å². The van der Waals surface area contributed by atoms with E-state index in [2.05, 4.69) is 32.3 Å². The molecule has 1 heterocycles. The van der Waals surface area contributed by atoms with Gasteiger partial charge in [-0.2, -0.15) is 0 Å². The van der Waals surface area contributed by atoms with Crippen molar-refractivity contribution in [2.75, 3.05) is 5.32 Å². The smallest absolute Gasteiger partial charge is 0.256 e. The fourth-order valence-electron chi connectivity index (χ4n) is 3.86. The third kappa shape index (κ3) is 3.62. The maximum absolute atomic E-state index is 12.9. The molecule has 5 aromatic rings. The number of nitrogens with one attached hydrogen (secondary N) is 1. The Kier molecular flexibility index (Phi) is 4.83. The average molecular weight is 471 g/mol. The van der Waals surface area contributed by atoms with Crippen molar-refractivity contribution < 1.29 is 9.21 Å². The molecule has 0 bridgehead atoms. The van der Waals surface area contributed by atoms with Crippen LogP contribution in [-0.4, -0.2) is 10.9 Å². The third-order valence-electron chi connectivity index (χ3n) is 5.32. The first-order valence-corrected chi connectivity index (χ1v) is 10.8. The van der Waals surface area contributed by atoms with Gasteiger partial charge < -0.3 is 9.73 Å². The van der Waals surface area contributed by atoms with Crippen LogP contribution in [-0.2, 0) is 0 Å². The summed E-state index contributed by atoms with van der Waals surface area (Å²) in [6.07, 6.45) is 0. The van der Waals surface area contributed by atoms with Gasteiger partial charge in [-0.3, -0.25) is 4.79 Å². The van der Waals surface area contributed by atoms with Crippen molar-refractivity contribution in [1.82, 2.24) is 4.98 Å². The molecular weight excluding hydrogens is 452 g/mol. The van der Waals surface area contributed by atoms with Crippen LogP contribution in [0.15, 0.2) is 81.7 Å². The molecule has 1 aromatic heterocycles. The van der Waals surface area contributed by atoms with E-state index >= 15 is 0 Å². The predicted molar refractivity (Wildman–Crippen MR) is 129 cm³/mol. The number of nitrogens with zero attached hydrogens (tertiary/aromatic N) is 1. The van der Waals surface area contributed by atoms with Gasteiger partial charge in [-0.05, 0) is 78.2 Å². The molecule has 0 radical (unpaired) electrons. The van der Waals surface area contributed by atoms with Crippen LogP contribution in [0.2, 0.25) is 0 Å². The van der Waals surface area contributed by atoms with E-state index in [-0.39, 0.29) is 5.91 Å². The topological polar surface area (TPSA) is 55.1 Å². The summed E-state index contributed by atoms with van der Waals surface area (Å²) in [5.74, 6) is 0.421. The number of amides is 1. The van der Waals surface area contributed by atoms with Crippen molar-refractivity contribution in [3.05, 3.63) is 94.0 Å². The number of aryl methyl sites for hydroxylation is 2. The molecular formula is C26H19BrN2O2. The van der Waals surface area contributed by atoms with Crippen LogP contribution in [0.1, 0.15) is 21.5 Å². The SMILES string of the molecule is Cc1cc(C)c2oc(-c3ccc(NC(=O)c4cccc5c(Br)cccc45)cc3)nc2c1. The van der Waals surface area contributed by atoms with Crippen LogP contribution in [0.25, 0.3) is 33.3 Å². The number of hydrogen-bond donors (Lipinski definition) is 1. The first-order valence-electron chi connectivity index (χ1n) is 9.96. The highest BCUT2D eigenvalue weighted by atomic mass is 79.9. The summed E-state index contributed by atoms with van der Waals surface area (Å²) in [5.41, 5.74) is 6.09. The standard InChI is InChI=1S/C26H19BrN2O2/c1-15-13-16(2)24-23(14-15)29-26(31-24)17-9-11-18(12-10-17)28-25(30)21-7-3-6-20-19(21)5-4-8-22(20)27/h3-14H,1-2H3,(H,28,30). The van der Waals surface area contributed by atoms with Crippen LogP contribution in [0.5, 0.6) is 0 Å². The number of carbonyl (C=O) groups excluding carboxylic acids is 1. The van der Waals surface area contributed by atoms with Gasteiger partial charge in [0, 0.05) is 21.3 Å². The van der Waals surface area contributed by atoms with Crippen molar-refractivity contribution in [2.45, 2.75) is 13.8 Å². The summed E-state index contributed by atoms with van der Waals surface area (Å²) in [5, 5.41) is 4.90. The van der Waals surface area contributed by atoms with E-state index in [1.54, 1.807) is 0 Å². The van der Waals surface area contributed by atoms with Gasteiger partial charge in [0.05, 0.1) is 0 Å². The minimum absolute atomic E-state index is 0.149. The summed E-state index contributed by atoms with van der Waals surface area (Å²) in [6.45, 7) is 4.07. The van der Waals surface area contributed by atoms with E-state index in [1.807, 2.05) is 80.6 Å². The molecule has 0 unspecified atom stereocenters. The fraction of sp³-hybridized carbons (Fsp3) is 0.0769. The Bertz CT molecular complexity index is 1450. The van der Waals surface area contributed by atoms with E-state index < -0.39 is 0 Å². The normalized spacial score (nSPS) is 11.2. The van der Waals surface area contributed by atoms with E-state index in [1.165, 1.54) is 0 Å². The average Bonchev–Trinajstić information content (AvgIpc) is 3.18. The monoisotopic (exact) mass is 470 g/mol. The number of fused-ring (bicyclic) bond motifs is 2. The van der Waals surface area contributed by atoms with Crippen molar-refractivity contribution in [2.24, 2.45) is 0 Å². The van der Waals surface area contributed by atoms with Gasteiger partial charge in [0.1, 0.15) is 5.52 Å². The lowest BCUT2D eigenvalue weighted by Gasteiger charge is -2.09. The molecule has 0 aliphatic carbocycles. The minimum atomic E-state index is -0.149. The van der Waals surface area contributed by atoms with Gasteiger partial charge in [-0.25, -0.2) is 4.98 Å². The summed E-state index contributed by atoms with van der Waals surface area (Å²) in [7, 11) is 0. The highest BCUT2D eigenvalue weighted by Crippen LogP contribution is 2.29. The Balaban J connectivity index is 1.42. The Hall–Kier alpha value is -3.44.